The number of nitrogens with zero attached hydrogens (tertiary/aromatic N) is 8. The van der Waals surface area contributed by atoms with E-state index in [0.717, 1.165) is 0 Å². The Balaban J connectivity index is 1.45. The molecule has 0 aliphatic rings. The van der Waals surface area contributed by atoms with Gasteiger partial charge in [-0.1, -0.05) is 18.2 Å². The number of aromatic nitrogens is 9. The molecular formula is C26H21N11O2. The second-order valence-corrected chi connectivity index (χ2v) is 8.71. The maximum Gasteiger partial charge on any atom is 0.270 e. The van der Waals surface area contributed by atoms with Crippen molar-refractivity contribution in [2.75, 3.05) is 5.73 Å². The summed E-state index contributed by atoms with van der Waals surface area (Å²) >= 11 is 0. The highest BCUT2D eigenvalue weighted by atomic mass is 16.2. The fourth-order valence-electron chi connectivity index (χ4n) is 4.26. The van der Waals surface area contributed by atoms with Crippen LogP contribution in [-0.2, 0) is 7.05 Å². The number of benzene rings is 1. The highest BCUT2D eigenvalue weighted by molar-refractivity contribution is 6.04. The highest BCUT2D eigenvalue weighted by Crippen LogP contribution is 2.21. The third kappa shape index (κ3) is 4.15. The molecule has 39 heavy (non-hydrogen) atoms. The van der Waals surface area contributed by atoms with Crippen LogP contribution in [0.25, 0.3) is 22.4 Å². The summed E-state index contributed by atoms with van der Waals surface area (Å²) in [5, 5.41) is 18.5. The summed E-state index contributed by atoms with van der Waals surface area (Å²) in [5.41, 5.74) is 7.67. The molecule has 13 nitrogen and oxygen atoms in total. The SMILES string of the molecule is C[C@H](NC(=O)c1c(N)nn2cccnc12)c1nc2[nH]nc(C#Cc3ccn(C)n3)c2c(=O)n1-c1ccccc1. The molecule has 0 radical (unpaired) electrons. The first-order valence-corrected chi connectivity index (χ1v) is 11.9. The van der Waals surface area contributed by atoms with E-state index in [1.165, 1.54) is 9.08 Å². The van der Waals surface area contributed by atoms with Gasteiger partial charge in [-0.05, 0) is 43.0 Å². The number of amides is 1. The average Bonchev–Trinajstić information content (AvgIpc) is 3.63. The number of carbonyl (C=O) groups is 1. The first-order valence-electron chi connectivity index (χ1n) is 11.9. The van der Waals surface area contributed by atoms with Crippen molar-refractivity contribution in [1.82, 2.24) is 49.4 Å². The second kappa shape index (κ2) is 9.27. The number of aromatic amines is 1. The van der Waals surface area contributed by atoms with Gasteiger partial charge in [-0.3, -0.25) is 23.9 Å². The van der Waals surface area contributed by atoms with Gasteiger partial charge in [-0.25, -0.2) is 14.5 Å². The Hall–Kier alpha value is -5.77. The molecule has 13 heteroatoms. The summed E-state index contributed by atoms with van der Waals surface area (Å²) in [4.78, 5) is 36.1. The molecule has 6 aromatic rings. The molecule has 0 unspecified atom stereocenters. The lowest BCUT2D eigenvalue weighted by Crippen LogP contribution is -2.33. The fourth-order valence-corrected chi connectivity index (χ4v) is 4.26. The maximum atomic E-state index is 13.9. The van der Waals surface area contributed by atoms with E-state index in [4.69, 9.17) is 5.73 Å². The van der Waals surface area contributed by atoms with Crippen molar-refractivity contribution < 1.29 is 4.79 Å². The van der Waals surface area contributed by atoms with Crippen LogP contribution in [0.4, 0.5) is 5.82 Å². The van der Waals surface area contributed by atoms with Crippen molar-refractivity contribution in [1.29, 1.82) is 0 Å². The number of carbonyl (C=O) groups excluding carboxylic acids is 1. The summed E-state index contributed by atoms with van der Waals surface area (Å²) in [7, 11) is 1.79. The molecular weight excluding hydrogens is 498 g/mol. The predicted octanol–water partition coefficient (Wildman–Crippen LogP) is 1.36. The van der Waals surface area contributed by atoms with E-state index in [0.29, 0.717) is 17.0 Å². The van der Waals surface area contributed by atoms with Crippen molar-refractivity contribution in [2.45, 2.75) is 13.0 Å². The molecule has 0 saturated heterocycles. The molecule has 1 atom stereocenters. The van der Waals surface area contributed by atoms with Gasteiger partial charge in [0.2, 0.25) is 0 Å². The van der Waals surface area contributed by atoms with Gasteiger partial charge in [0.1, 0.15) is 22.5 Å². The van der Waals surface area contributed by atoms with Crippen LogP contribution in [-0.4, -0.2) is 50.0 Å². The van der Waals surface area contributed by atoms with Gasteiger partial charge in [0.15, 0.2) is 22.8 Å². The summed E-state index contributed by atoms with van der Waals surface area (Å²) in [6.07, 6.45) is 4.97. The van der Waals surface area contributed by atoms with Gasteiger partial charge < -0.3 is 11.1 Å². The van der Waals surface area contributed by atoms with Crippen molar-refractivity contribution in [3.05, 3.63) is 94.2 Å². The second-order valence-electron chi connectivity index (χ2n) is 8.71. The molecule has 4 N–H and O–H groups in total. The molecule has 0 aliphatic carbocycles. The zero-order chi connectivity index (χ0) is 27.1. The Labute approximate surface area is 220 Å². The summed E-state index contributed by atoms with van der Waals surface area (Å²) in [5.74, 6) is 5.65. The Bertz CT molecular complexity index is 1990. The number of aryl methyl sites for hydroxylation is 1. The van der Waals surface area contributed by atoms with Crippen LogP contribution in [0.15, 0.2) is 65.8 Å². The van der Waals surface area contributed by atoms with Crippen molar-refractivity contribution in [3.8, 4) is 17.5 Å². The summed E-state index contributed by atoms with van der Waals surface area (Å²) < 4.78 is 4.50. The van der Waals surface area contributed by atoms with Crippen LogP contribution in [0.5, 0.6) is 0 Å². The van der Waals surface area contributed by atoms with Crippen LogP contribution >= 0.6 is 0 Å². The maximum absolute atomic E-state index is 13.9. The Morgan fingerprint density at radius 2 is 1.92 bits per heavy atom. The number of anilines is 1. The van der Waals surface area contributed by atoms with E-state index in [1.807, 2.05) is 18.2 Å². The Morgan fingerprint density at radius 3 is 2.69 bits per heavy atom. The minimum absolute atomic E-state index is 0.0342. The van der Waals surface area contributed by atoms with E-state index < -0.39 is 17.5 Å². The fraction of sp³-hybridized carbons (Fsp3) is 0.115. The largest absolute Gasteiger partial charge is 0.381 e. The summed E-state index contributed by atoms with van der Waals surface area (Å²) in [6.45, 7) is 1.72. The smallest absolute Gasteiger partial charge is 0.270 e. The molecule has 1 amide bonds. The number of rotatable bonds is 4. The number of H-pyrrole nitrogens is 1. The van der Waals surface area contributed by atoms with Gasteiger partial charge in [-0.15, -0.1) is 5.10 Å². The normalized spacial score (nSPS) is 11.8. The zero-order valence-electron chi connectivity index (χ0n) is 20.8. The number of hydrogen-bond donors (Lipinski definition) is 3. The Morgan fingerprint density at radius 1 is 1.10 bits per heavy atom. The first-order chi connectivity index (χ1) is 18.9. The molecule has 0 aliphatic heterocycles. The minimum atomic E-state index is -0.723. The molecule has 0 fully saturated rings. The van der Waals surface area contributed by atoms with E-state index in [1.54, 1.807) is 61.5 Å². The molecule has 1 aromatic carbocycles. The number of nitrogen functional groups attached to an aromatic ring is 1. The lowest BCUT2D eigenvalue weighted by atomic mass is 10.2. The van der Waals surface area contributed by atoms with Crippen LogP contribution in [0.1, 0.15) is 40.5 Å². The molecule has 0 bridgehead atoms. The van der Waals surface area contributed by atoms with Crippen LogP contribution in [0.2, 0.25) is 0 Å². The van der Waals surface area contributed by atoms with Gasteiger partial charge in [0.05, 0.1) is 11.7 Å². The topological polar surface area (TPSA) is 167 Å². The first kappa shape index (κ1) is 23.6. The van der Waals surface area contributed by atoms with Crippen molar-refractivity contribution in [3.63, 3.8) is 0 Å². The third-order valence-corrected chi connectivity index (χ3v) is 6.04. The van der Waals surface area contributed by atoms with E-state index in [-0.39, 0.29) is 33.9 Å². The molecule has 0 saturated carbocycles. The highest BCUT2D eigenvalue weighted by Gasteiger charge is 2.25. The number of fused-ring (bicyclic) bond motifs is 2. The molecule has 0 spiro atoms. The molecule has 5 aromatic heterocycles. The lowest BCUT2D eigenvalue weighted by molar-refractivity contribution is 0.0940. The van der Waals surface area contributed by atoms with Gasteiger partial charge in [0, 0.05) is 25.6 Å². The summed E-state index contributed by atoms with van der Waals surface area (Å²) in [6, 6.07) is 11.7. The van der Waals surface area contributed by atoms with Gasteiger partial charge >= 0.3 is 0 Å². The quantitative estimate of drug-likeness (QED) is 0.294. The van der Waals surface area contributed by atoms with Gasteiger partial charge in [-0.2, -0.15) is 10.2 Å². The van der Waals surface area contributed by atoms with Crippen LogP contribution < -0.4 is 16.6 Å². The molecule has 192 valence electrons. The van der Waals surface area contributed by atoms with Crippen LogP contribution in [0, 0.1) is 11.8 Å². The molecule has 5 heterocycles. The van der Waals surface area contributed by atoms with Crippen LogP contribution in [0.3, 0.4) is 0 Å². The standard InChI is InChI=1S/C26H21N11O2/c1-15(29-25(38)20-21(27)34-36-13-6-12-28-24(20)36)23-30-22-19(26(39)37(23)17-7-4-3-5-8-17)18(31-32-22)10-9-16-11-14-35(2)33-16/h3-8,11-15H,1-2H3,(H2,27,34)(H,29,38)(H,31,32)/t15-/m0/s1. The number of nitrogens with one attached hydrogen (secondary N) is 2. The van der Waals surface area contributed by atoms with Crippen molar-refractivity contribution >= 4 is 28.4 Å². The van der Waals surface area contributed by atoms with Crippen molar-refractivity contribution in [2.24, 2.45) is 7.05 Å². The Kier molecular flexibility index (Phi) is 5.61. The zero-order valence-corrected chi connectivity index (χ0v) is 20.8. The average molecular weight is 520 g/mol. The number of para-hydroxylation sites is 1. The van der Waals surface area contributed by atoms with E-state index >= 15 is 0 Å². The third-order valence-electron chi connectivity index (χ3n) is 6.04. The van der Waals surface area contributed by atoms with Gasteiger partial charge in [0.25, 0.3) is 11.5 Å². The predicted molar refractivity (Wildman–Crippen MR) is 142 cm³/mol. The minimum Gasteiger partial charge on any atom is -0.381 e. The number of hydrogen-bond acceptors (Lipinski definition) is 8. The monoisotopic (exact) mass is 519 g/mol. The lowest BCUT2D eigenvalue weighted by Gasteiger charge is -2.18. The van der Waals surface area contributed by atoms with E-state index in [9.17, 15) is 9.59 Å². The van der Waals surface area contributed by atoms with E-state index in [2.05, 4.69) is 47.5 Å². The number of nitrogens with two attached hydrogens (primary N) is 1. The molecule has 6 rings (SSSR count).